The lowest BCUT2D eigenvalue weighted by Gasteiger charge is -2.13. The second-order valence-corrected chi connectivity index (χ2v) is 5.23. The number of ether oxygens (including phenoxy) is 4. The van der Waals surface area contributed by atoms with Crippen LogP contribution in [0.5, 0.6) is 11.5 Å². The summed E-state index contributed by atoms with van der Waals surface area (Å²) in [7, 11) is 4.10. The van der Waals surface area contributed by atoms with Gasteiger partial charge >= 0.3 is 6.16 Å². The van der Waals surface area contributed by atoms with Crippen LogP contribution in [0.4, 0.5) is 4.79 Å². The minimum atomic E-state index is -0.853. The number of hydrogen-bond acceptors (Lipinski definition) is 7. The normalized spacial score (nSPS) is 11.7. The fraction of sp³-hybridized carbons (Fsp3) is 0.211. The zero-order valence-electron chi connectivity index (χ0n) is 15.2. The lowest BCUT2D eigenvalue weighted by Crippen LogP contribution is -2.26. The number of hydrazone groups is 1. The van der Waals surface area contributed by atoms with E-state index in [0.29, 0.717) is 11.3 Å². The van der Waals surface area contributed by atoms with Gasteiger partial charge in [0.25, 0.3) is 5.91 Å². The smallest absolute Gasteiger partial charge is 0.493 e. The highest BCUT2D eigenvalue weighted by Gasteiger charge is 2.19. The molecule has 2 rings (SSSR count). The largest absolute Gasteiger partial charge is 0.513 e. The number of hydrogen-bond donors (Lipinski definition) is 1. The first-order valence-electron chi connectivity index (χ1n) is 7.93. The predicted molar refractivity (Wildman–Crippen MR) is 98.0 cm³/mol. The van der Waals surface area contributed by atoms with E-state index in [1.165, 1.54) is 33.6 Å². The van der Waals surface area contributed by atoms with Gasteiger partial charge in [-0.05, 0) is 29.3 Å². The summed E-state index contributed by atoms with van der Waals surface area (Å²) in [6, 6.07) is 13.9. The van der Waals surface area contributed by atoms with Crippen molar-refractivity contribution in [3.05, 3.63) is 59.7 Å². The summed E-state index contributed by atoms with van der Waals surface area (Å²) in [5.41, 5.74) is 3.78. The van der Waals surface area contributed by atoms with Crippen LogP contribution >= 0.6 is 0 Å². The average molecular weight is 372 g/mol. The van der Waals surface area contributed by atoms with Gasteiger partial charge < -0.3 is 18.9 Å². The highest BCUT2D eigenvalue weighted by atomic mass is 16.7. The van der Waals surface area contributed by atoms with Gasteiger partial charge in [0.15, 0.2) is 17.6 Å². The fourth-order valence-electron chi connectivity index (χ4n) is 2.23. The first-order chi connectivity index (χ1) is 13.1. The highest BCUT2D eigenvalue weighted by molar-refractivity contribution is 5.85. The second kappa shape index (κ2) is 9.93. The topological polar surface area (TPSA) is 95.5 Å². The van der Waals surface area contributed by atoms with Gasteiger partial charge in [-0.2, -0.15) is 5.10 Å². The third-order valence-corrected chi connectivity index (χ3v) is 3.51. The van der Waals surface area contributed by atoms with Crippen LogP contribution in [0.15, 0.2) is 53.6 Å². The molecule has 0 radical (unpaired) electrons. The summed E-state index contributed by atoms with van der Waals surface area (Å²) in [5, 5.41) is 3.93. The van der Waals surface area contributed by atoms with Crippen LogP contribution in [0.3, 0.4) is 0 Å². The van der Waals surface area contributed by atoms with Gasteiger partial charge in [0.2, 0.25) is 0 Å². The molecular formula is C19H20N2O6. The highest BCUT2D eigenvalue weighted by Crippen LogP contribution is 2.27. The van der Waals surface area contributed by atoms with E-state index in [0.717, 1.165) is 5.56 Å². The maximum Gasteiger partial charge on any atom is 0.513 e. The standard InChI is InChI=1S/C19H20N2O6/c1-24-16-11-13(9-10-15(16)27-19(23)26-3)12-20-21-18(22)17(25-2)14-7-5-4-6-8-14/h4-12,17H,1-3H3,(H,21,22)/b20-12-/t17-/m1/s1. The molecule has 0 aliphatic rings. The Morgan fingerprint density at radius 2 is 1.78 bits per heavy atom. The van der Waals surface area contributed by atoms with Gasteiger partial charge in [0.1, 0.15) is 0 Å². The molecule has 1 N–H and O–H groups in total. The molecule has 1 amide bonds. The fourth-order valence-corrected chi connectivity index (χ4v) is 2.23. The van der Waals surface area contributed by atoms with Crippen molar-refractivity contribution < 1.29 is 28.5 Å². The average Bonchev–Trinajstić information content (AvgIpc) is 2.70. The van der Waals surface area contributed by atoms with Crippen molar-refractivity contribution in [2.75, 3.05) is 21.3 Å². The number of nitrogens with zero attached hydrogens (tertiary/aromatic N) is 1. The minimum absolute atomic E-state index is 0.203. The van der Waals surface area contributed by atoms with Crippen molar-refractivity contribution in [2.24, 2.45) is 5.10 Å². The summed E-state index contributed by atoms with van der Waals surface area (Å²) < 4.78 is 19.8. The number of amides is 1. The van der Waals surface area contributed by atoms with Gasteiger partial charge in [-0.3, -0.25) is 4.79 Å². The van der Waals surface area contributed by atoms with Crippen molar-refractivity contribution in [1.29, 1.82) is 0 Å². The molecular weight excluding hydrogens is 352 g/mol. The molecule has 0 saturated heterocycles. The summed E-state index contributed by atoms with van der Waals surface area (Å²) in [6.45, 7) is 0. The monoisotopic (exact) mass is 372 g/mol. The summed E-state index contributed by atoms with van der Waals surface area (Å²) in [6.07, 6.45) is -0.192. The van der Waals surface area contributed by atoms with E-state index in [4.69, 9.17) is 14.2 Å². The van der Waals surface area contributed by atoms with Crippen molar-refractivity contribution in [2.45, 2.75) is 6.10 Å². The number of benzene rings is 2. The van der Waals surface area contributed by atoms with Crippen molar-refractivity contribution >= 4 is 18.3 Å². The Morgan fingerprint density at radius 3 is 2.41 bits per heavy atom. The number of carbonyl (C=O) groups is 2. The van der Waals surface area contributed by atoms with Gasteiger partial charge in [-0.15, -0.1) is 0 Å². The molecule has 0 heterocycles. The number of methoxy groups -OCH3 is 3. The van der Waals surface area contributed by atoms with Crippen LogP contribution in [0.1, 0.15) is 17.2 Å². The van der Waals surface area contributed by atoms with Crippen LogP contribution in [0, 0.1) is 0 Å². The van der Waals surface area contributed by atoms with Gasteiger partial charge in [-0.25, -0.2) is 10.2 Å². The Bertz CT molecular complexity index is 807. The van der Waals surface area contributed by atoms with Gasteiger partial charge in [0, 0.05) is 7.11 Å². The van der Waals surface area contributed by atoms with Crippen LogP contribution in [0.2, 0.25) is 0 Å². The van der Waals surface area contributed by atoms with Crippen LogP contribution in [-0.4, -0.2) is 39.6 Å². The Labute approximate surface area is 156 Å². The van der Waals surface area contributed by atoms with Crippen molar-refractivity contribution in [3.8, 4) is 11.5 Å². The summed E-state index contributed by atoms with van der Waals surface area (Å²) in [4.78, 5) is 23.5. The molecule has 1 atom stereocenters. The molecule has 0 spiro atoms. The van der Waals surface area contributed by atoms with Crippen LogP contribution < -0.4 is 14.9 Å². The van der Waals surface area contributed by atoms with E-state index in [1.54, 1.807) is 24.3 Å². The SMILES string of the molecule is COC(=O)Oc1ccc(/C=N\NC(=O)[C@H](OC)c2ccccc2)cc1OC. The predicted octanol–water partition coefficient (Wildman–Crippen LogP) is 2.68. The van der Waals surface area contributed by atoms with E-state index in [9.17, 15) is 9.59 Å². The van der Waals surface area contributed by atoms with Crippen LogP contribution in [0.25, 0.3) is 0 Å². The van der Waals surface area contributed by atoms with Crippen molar-refractivity contribution in [3.63, 3.8) is 0 Å². The van der Waals surface area contributed by atoms with E-state index < -0.39 is 18.2 Å². The van der Waals surface area contributed by atoms with E-state index in [1.807, 2.05) is 18.2 Å². The third-order valence-electron chi connectivity index (χ3n) is 3.51. The molecule has 0 aliphatic carbocycles. The Morgan fingerprint density at radius 1 is 1.04 bits per heavy atom. The molecule has 0 aromatic heterocycles. The lowest BCUT2D eigenvalue weighted by atomic mass is 10.1. The zero-order valence-corrected chi connectivity index (χ0v) is 15.2. The quantitative estimate of drug-likeness (QED) is 0.347. The molecule has 2 aromatic rings. The first-order valence-corrected chi connectivity index (χ1v) is 7.93. The van der Waals surface area contributed by atoms with E-state index in [-0.39, 0.29) is 5.75 Å². The first kappa shape index (κ1) is 19.9. The number of rotatable bonds is 7. The summed E-state index contributed by atoms with van der Waals surface area (Å²) >= 11 is 0. The molecule has 8 nitrogen and oxygen atoms in total. The summed E-state index contributed by atoms with van der Waals surface area (Å²) in [5.74, 6) is 0.112. The maximum atomic E-state index is 12.3. The Balaban J connectivity index is 2.04. The van der Waals surface area contributed by atoms with Gasteiger partial charge in [0.05, 0.1) is 20.4 Å². The maximum absolute atomic E-state index is 12.3. The Hall–Kier alpha value is -3.39. The third kappa shape index (κ3) is 5.55. The Kier molecular flexibility index (Phi) is 7.33. The molecule has 8 heteroatoms. The lowest BCUT2D eigenvalue weighted by molar-refractivity contribution is -0.131. The molecule has 0 unspecified atom stereocenters. The zero-order chi connectivity index (χ0) is 19.6. The molecule has 0 fully saturated rings. The molecule has 27 heavy (non-hydrogen) atoms. The number of carbonyl (C=O) groups excluding carboxylic acids is 2. The van der Waals surface area contributed by atoms with Gasteiger partial charge in [-0.1, -0.05) is 30.3 Å². The van der Waals surface area contributed by atoms with E-state index >= 15 is 0 Å². The molecule has 0 saturated carbocycles. The van der Waals surface area contributed by atoms with Crippen LogP contribution in [-0.2, 0) is 14.3 Å². The molecule has 0 bridgehead atoms. The molecule has 0 aliphatic heterocycles. The molecule has 142 valence electrons. The second-order valence-electron chi connectivity index (χ2n) is 5.23. The minimum Gasteiger partial charge on any atom is -0.493 e. The number of nitrogens with one attached hydrogen (secondary N) is 1. The molecule has 2 aromatic carbocycles. The van der Waals surface area contributed by atoms with Crippen molar-refractivity contribution in [1.82, 2.24) is 5.43 Å². The van der Waals surface area contributed by atoms with E-state index in [2.05, 4.69) is 15.3 Å².